The lowest BCUT2D eigenvalue weighted by Crippen LogP contribution is -2.43. The maximum Gasteiger partial charge on any atom is 0.0520 e. The molecule has 6 aliphatic rings. The van der Waals surface area contributed by atoms with Crippen molar-refractivity contribution in [1.82, 2.24) is 0 Å². The summed E-state index contributed by atoms with van der Waals surface area (Å²) in [5.74, 6) is 0. The van der Waals surface area contributed by atoms with Gasteiger partial charge in [-0.15, -0.1) is 0 Å². The van der Waals surface area contributed by atoms with E-state index in [0.29, 0.717) is 10.8 Å². The molecule has 0 bridgehead atoms. The number of hydrogen-bond donors (Lipinski definition) is 1. The Bertz CT molecular complexity index is 4240. The molecule has 5 heteroatoms. The van der Waals surface area contributed by atoms with Gasteiger partial charge in [0.05, 0.1) is 11.4 Å². The molecule has 0 radical (unpaired) electrons. The van der Waals surface area contributed by atoms with Crippen molar-refractivity contribution in [2.75, 3.05) is 15.1 Å². The summed E-state index contributed by atoms with van der Waals surface area (Å²) in [4.78, 5) is 5.12. The third kappa shape index (κ3) is 12.5. The molecule has 0 saturated heterocycles. The number of para-hydroxylation sites is 3. The van der Waals surface area contributed by atoms with Crippen LogP contribution >= 0.6 is 31.9 Å². The van der Waals surface area contributed by atoms with Gasteiger partial charge < -0.3 is 15.1 Å². The molecule has 99 heavy (non-hydrogen) atoms. The fourth-order valence-electron chi connectivity index (χ4n) is 20.4. The van der Waals surface area contributed by atoms with Crippen LogP contribution in [0.3, 0.4) is 0 Å². The fraction of sp³-hybridized carbons (Fsp3) is 0.362. The predicted octanol–water partition coefficient (Wildman–Crippen LogP) is 28.2. The second kappa shape index (κ2) is 28.9. The molecule has 0 unspecified atom stereocenters. The van der Waals surface area contributed by atoms with Crippen molar-refractivity contribution in [2.45, 2.75) is 219 Å². The molecule has 10 aromatic rings. The highest BCUT2D eigenvalue weighted by molar-refractivity contribution is 9.10. The molecule has 1 N–H and O–H groups in total. The number of unbranched alkanes of at least 4 members (excludes halogenated alkanes) is 3. The molecule has 0 heterocycles. The highest BCUT2D eigenvalue weighted by Gasteiger charge is 2.63. The van der Waals surface area contributed by atoms with E-state index in [4.69, 9.17) is 0 Å². The average Bonchev–Trinajstić information content (AvgIpc) is 1.57. The summed E-state index contributed by atoms with van der Waals surface area (Å²) in [5.41, 5.74) is 35.8. The van der Waals surface area contributed by atoms with E-state index in [1.807, 2.05) is 6.07 Å². The van der Waals surface area contributed by atoms with Gasteiger partial charge in [0, 0.05) is 64.7 Å². The van der Waals surface area contributed by atoms with Crippen LogP contribution in [-0.2, 0) is 40.9 Å². The van der Waals surface area contributed by atoms with Gasteiger partial charge in [0.25, 0.3) is 0 Å². The average molecular weight is 1430 g/mol. The normalized spacial score (nSPS) is 20.1. The van der Waals surface area contributed by atoms with Crippen molar-refractivity contribution >= 4 is 77.4 Å². The van der Waals surface area contributed by atoms with Crippen molar-refractivity contribution in [1.29, 1.82) is 0 Å². The second-order valence-electron chi connectivity index (χ2n) is 30.5. The Balaban J connectivity index is 0.000000164. The number of halogens is 2. The molecular formula is C94H103Br2N3. The van der Waals surface area contributed by atoms with Crippen molar-refractivity contribution in [3.8, 4) is 22.3 Å². The van der Waals surface area contributed by atoms with Gasteiger partial charge in [0.15, 0.2) is 0 Å². The third-order valence-electron chi connectivity index (χ3n) is 24.5. The Labute approximate surface area is 610 Å². The first kappa shape index (κ1) is 68.7. The van der Waals surface area contributed by atoms with E-state index in [1.54, 1.807) is 22.3 Å². The Hall–Kier alpha value is -7.44. The molecule has 0 spiro atoms. The first-order valence-corrected chi connectivity index (χ1v) is 39.5. The van der Waals surface area contributed by atoms with Gasteiger partial charge >= 0.3 is 0 Å². The molecule has 3 nitrogen and oxygen atoms in total. The lowest BCUT2D eigenvalue weighted by Gasteiger charge is -2.48. The largest absolute Gasteiger partial charge is 0.355 e. The Morgan fingerprint density at radius 2 is 0.616 bits per heavy atom. The summed E-state index contributed by atoms with van der Waals surface area (Å²) in [7, 11) is 0. The minimum atomic E-state index is 0.144. The molecule has 0 aromatic heterocycles. The SMILES string of the molecule is Brc1ccc2c(c1)C13CCCC1(CCC3)c1cc(Br)ccc1-2.CCCCc1cc(C)c(N(c2ccccc2)c2ccc3c(c2)C24CCCC2(CCC4)c2cc(N(c4ccccc4)c4c(C)cc(CCCC)cc4C)ccc2-3)c(C)c1.CCCCc1cc(C)c(Nc2ccccc2)c(C)c1. The molecular weight excluding hydrogens is 1330 g/mol. The van der Waals surface area contributed by atoms with Crippen LogP contribution in [0.15, 0.2) is 209 Å². The quantitative estimate of drug-likeness (QED) is 0.0980. The van der Waals surface area contributed by atoms with Gasteiger partial charge in [-0.05, 0) is 311 Å². The Morgan fingerprint density at radius 1 is 0.323 bits per heavy atom. The highest BCUT2D eigenvalue weighted by Crippen LogP contribution is 2.71. The van der Waals surface area contributed by atoms with Crippen molar-refractivity contribution in [3.63, 3.8) is 0 Å². The van der Waals surface area contributed by atoms with Crippen LogP contribution in [0.4, 0.5) is 45.5 Å². The van der Waals surface area contributed by atoms with Gasteiger partial charge in [-0.25, -0.2) is 0 Å². The van der Waals surface area contributed by atoms with Gasteiger partial charge in [-0.2, -0.15) is 0 Å². The molecule has 508 valence electrons. The van der Waals surface area contributed by atoms with Crippen LogP contribution < -0.4 is 15.1 Å². The first-order chi connectivity index (χ1) is 48.1. The lowest BCUT2D eigenvalue weighted by molar-refractivity contribution is 0.299. The summed E-state index contributed by atoms with van der Waals surface area (Å²) in [5, 5.41) is 3.52. The molecule has 4 fully saturated rings. The minimum Gasteiger partial charge on any atom is -0.355 e. The summed E-state index contributed by atoms with van der Waals surface area (Å²) in [6, 6.07) is 76.0. The van der Waals surface area contributed by atoms with E-state index >= 15 is 0 Å². The topological polar surface area (TPSA) is 18.5 Å². The standard InChI is InChI=1S/C56H62N2.C20H18Br2.C18H23N/c1-7-9-19-43-33-39(3)53(40(4)34-43)57(45-21-13-11-14-22-45)47-25-27-49-50-28-26-48(38-52(50)56-31-17-29-55(56,30-18-32-56)51(49)37-47)58(46-23-15-12-16-24-46)54-41(5)35-44(20-10-8-2)36-42(54)6;21-13-3-5-15-16-6-4-14(22)12-18(16)20-8-1-7-19(20,9-2-10-20)17(15)11-13;1-4-5-9-16-12-14(2)18(15(3)13-16)19-17-10-7-6-8-11-17/h11-16,21-28,33-38H,7-10,17-20,29-32H2,1-6H3;3-6,11-12H,1-2,7-10H2;6-8,10-13,19H,4-5,9H2,1-3H3. The van der Waals surface area contributed by atoms with Crippen LogP contribution in [0.5, 0.6) is 0 Å². The number of hydrogen-bond acceptors (Lipinski definition) is 3. The molecule has 10 aromatic carbocycles. The van der Waals surface area contributed by atoms with E-state index in [-0.39, 0.29) is 10.8 Å². The zero-order valence-electron chi connectivity index (χ0n) is 60.6. The maximum atomic E-state index is 3.72. The van der Waals surface area contributed by atoms with Crippen LogP contribution in [0.2, 0.25) is 0 Å². The zero-order chi connectivity index (χ0) is 68.6. The first-order valence-electron chi connectivity index (χ1n) is 37.9. The lowest BCUT2D eigenvalue weighted by atomic mass is 9.55. The van der Waals surface area contributed by atoms with Gasteiger partial charge in [0.1, 0.15) is 0 Å². The van der Waals surface area contributed by atoms with Gasteiger partial charge in [0.2, 0.25) is 0 Å². The number of rotatable bonds is 17. The highest BCUT2D eigenvalue weighted by atomic mass is 79.9. The number of anilines is 8. The van der Waals surface area contributed by atoms with Gasteiger partial charge in [-0.3, -0.25) is 0 Å². The van der Waals surface area contributed by atoms with E-state index in [1.165, 1.54) is 243 Å². The molecule has 16 rings (SSSR count). The summed E-state index contributed by atoms with van der Waals surface area (Å²) in [6.45, 7) is 20.5. The third-order valence-corrected chi connectivity index (χ3v) is 25.4. The van der Waals surface area contributed by atoms with E-state index in [2.05, 4.69) is 303 Å². The molecule has 0 amide bonds. The van der Waals surface area contributed by atoms with Crippen molar-refractivity contribution in [3.05, 3.63) is 281 Å². The van der Waals surface area contributed by atoms with E-state index in [0.717, 1.165) is 18.5 Å². The zero-order valence-corrected chi connectivity index (χ0v) is 63.7. The number of fused-ring (bicyclic) bond motifs is 6. The predicted molar refractivity (Wildman–Crippen MR) is 431 cm³/mol. The Kier molecular flexibility index (Phi) is 20.0. The number of benzene rings is 10. The van der Waals surface area contributed by atoms with Crippen molar-refractivity contribution < 1.29 is 0 Å². The van der Waals surface area contributed by atoms with E-state index in [9.17, 15) is 0 Å². The number of nitrogens with one attached hydrogen (secondary N) is 1. The molecule has 4 saturated carbocycles. The summed E-state index contributed by atoms with van der Waals surface area (Å²) >= 11 is 7.45. The van der Waals surface area contributed by atoms with Crippen molar-refractivity contribution in [2.24, 2.45) is 0 Å². The number of aryl methyl sites for hydroxylation is 9. The molecule has 6 aliphatic carbocycles. The fourth-order valence-corrected chi connectivity index (χ4v) is 21.2. The summed E-state index contributed by atoms with van der Waals surface area (Å²) < 4.78 is 2.46. The molecule has 0 aliphatic heterocycles. The minimum absolute atomic E-state index is 0.144. The van der Waals surface area contributed by atoms with Crippen LogP contribution in [0, 0.1) is 41.5 Å². The van der Waals surface area contributed by atoms with Gasteiger partial charge in [-0.1, -0.05) is 213 Å². The Morgan fingerprint density at radius 3 is 0.939 bits per heavy atom. The van der Waals surface area contributed by atoms with Crippen LogP contribution in [0.25, 0.3) is 22.3 Å². The number of nitrogens with zero attached hydrogens (tertiary/aromatic N) is 2. The van der Waals surface area contributed by atoms with Crippen LogP contribution in [-0.4, -0.2) is 0 Å². The molecule has 0 atom stereocenters. The second-order valence-corrected chi connectivity index (χ2v) is 32.3. The monoisotopic (exact) mass is 1430 g/mol. The summed E-state index contributed by atoms with van der Waals surface area (Å²) in [6.07, 6.45) is 26.7. The maximum absolute atomic E-state index is 3.72. The van der Waals surface area contributed by atoms with Crippen LogP contribution in [0.1, 0.15) is 209 Å². The van der Waals surface area contributed by atoms with E-state index < -0.39 is 0 Å². The smallest absolute Gasteiger partial charge is 0.0520 e.